The fraction of sp³-hybridized carbons (Fsp3) is 0.917. The van der Waals surface area contributed by atoms with Gasteiger partial charge in [0.1, 0.15) is 0 Å². The summed E-state index contributed by atoms with van der Waals surface area (Å²) in [5.74, 6) is 0.225. The number of ether oxygens (including phenoxy) is 1. The number of carbonyl (C=O) groups excluding carboxylic acids is 1. The molecule has 1 atom stereocenters. The van der Waals surface area contributed by atoms with Gasteiger partial charge in [0.15, 0.2) is 0 Å². The Morgan fingerprint density at radius 2 is 2.00 bits per heavy atom. The second-order valence-electron chi connectivity index (χ2n) is 5.12. The highest BCUT2D eigenvalue weighted by Crippen LogP contribution is 2.07. The molecule has 104 valence electrons. The van der Waals surface area contributed by atoms with Crippen molar-refractivity contribution in [2.75, 3.05) is 66.1 Å². The van der Waals surface area contributed by atoms with Crippen LogP contribution in [0.3, 0.4) is 0 Å². The van der Waals surface area contributed by atoms with E-state index in [1.165, 1.54) is 0 Å². The number of rotatable bonds is 3. The average molecular weight is 256 g/mol. The highest BCUT2D eigenvalue weighted by molar-refractivity contribution is 5.78. The fourth-order valence-electron chi connectivity index (χ4n) is 2.44. The summed E-state index contributed by atoms with van der Waals surface area (Å²) in [6.45, 7) is 6.80. The number of piperazine rings is 1. The Bertz CT molecular complexity index is 279. The largest absolute Gasteiger partial charge is 0.378 e. The molecule has 6 heteroatoms. The highest BCUT2D eigenvalue weighted by Gasteiger charge is 2.26. The summed E-state index contributed by atoms with van der Waals surface area (Å²) in [4.78, 5) is 18.6. The van der Waals surface area contributed by atoms with Crippen molar-refractivity contribution in [3.8, 4) is 0 Å². The Kier molecular flexibility index (Phi) is 4.94. The van der Waals surface area contributed by atoms with Crippen molar-refractivity contribution in [2.45, 2.75) is 6.04 Å². The molecule has 2 saturated heterocycles. The Balaban J connectivity index is 1.82. The lowest BCUT2D eigenvalue weighted by molar-refractivity contribution is -0.136. The van der Waals surface area contributed by atoms with Gasteiger partial charge in [-0.05, 0) is 7.05 Å². The van der Waals surface area contributed by atoms with Gasteiger partial charge in [-0.25, -0.2) is 0 Å². The molecule has 2 fully saturated rings. The smallest absolute Gasteiger partial charge is 0.236 e. The van der Waals surface area contributed by atoms with Gasteiger partial charge in [-0.3, -0.25) is 9.69 Å². The molecule has 2 rings (SSSR count). The number of nitrogens with two attached hydrogens (primary N) is 1. The first kappa shape index (κ1) is 13.7. The van der Waals surface area contributed by atoms with E-state index in [4.69, 9.17) is 10.5 Å². The molecule has 0 aromatic carbocycles. The van der Waals surface area contributed by atoms with Crippen molar-refractivity contribution < 1.29 is 9.53 Å². The second kappa shape index (κ2) is 6.47. The van der Waals surface area contributed by atoms with Crippen LogP contribution in [-0.2, 0) is 9.53 Å². The molecule has 2 N–H and O–H groups in total. The summed E-state index contributed by atoms with van der Waals surface area (Å²) < 4.78 is 5.39. The summed E-state index contributed by atoms with van der Waals surface area (Å²) >= 11 is 0. The predicted octanol–water partition coefficient (Wildman–Crippen LogP) is -1.58. The maximum atomic E-state index is 12.2. The third-order valence-corrected chi connectivity index (χ3v) is 3.82. The number of amides is 1. The fourth-order valence-corrected chi connectivity index (χ4v) is 2.44. The number of hydrogen-bond acceptors (Lipinski definition) is 5. The molecule has 18 heavy (non-hydrogen) atoms. The van der Waals surface area contributed by atoms with E-state index in [2.05, 4.69) is 16.8 Å². The molecule has 0 aromatic rings. The molecule has 0 aromatic heterocycles. The van der Waals surface area contributed by atoms with Gasteiger partial charge < -0.3 is 20.3 Å². The lowest BCUT2D eigenvalue weighted by atomic mass is 10.2. The number of carbonyl (C=O) groups is 1. The van der Waals surface area contributed by atoms with Gasteiger partial charge in [-0.1, -0.05) is 0 Å². The zero-order valence-corrected chi connectivity index (χ0v) is 11.2. The molecule has 1 unspecified atom stereocenters. The Hall–Kier alpha value is -0.690. The monoisotopic (exact) mass is 256 g/mol. The van der Waals surface area contributed by atoms with Crippen molar-refractivity contribution in [3.05, 3.63) is 0 Å². The molecule has 2 aliphatic heterocycles. The van der Waals surface area contributed by atoms with Crippen LogP contribution in [0.5, 0.6) is 0 Å². The van der Waals surface area contributed by atoms with E-state index in [0.717, 1.165) is 32.7 Å². The topological polar surface area (TPSA) is 62.0 Å². The SMILES string of the molecule is CN1CCN(C(=O)CN2CCOCC2CN)CC1. The van der Waals surface area contributed by atoms with Crippen molar-refractivity contribution in [1.82, 2.24) is 14.7 Å². The summed E-state index contributed by atoms with van der Waals surface area (Å²) in [6.07, 6.45) is 0. The van der Waals surface area contributed by atoms with E-state index in [0.29, 0.717) is 26.3 Å². The van der Waals surface area contributed by atoms with Gasteiger partial charge in [0.05, 0.1) is 19.8 Å². The van der Waals surface area contributed by atoms with E-state index in [-0.39, 0.29) is 11.9 Å². The summed E-state index contributed by atoms with van der Waals surface area (Å²) in [7, 11) is 2.09. The first-order valence-electron chi connectivity index (χ1n) is 6.69. The molecule has 0 bridgehead atoms. The van der Waals surface area contributed by atoms with Crippen molar-refractivity contribution in [1.29, 1.82) is 0 Å². The van der Waals surface area contributed by atoms with Gasteiger partial charge in [0.2, 0.25) is 5.91 Å². The third kappa shape index (κ3) is 3.41. The third-order valence-electron chi connectivity index (χ3n) is 3.82. The van der Waals surface area contributed by atoms with Crippen molar-refractivity contribution in [3.63, 3.8) is 0 Å². The quantitative estimate of drug-likeness (QED) is 0.660. The van der Waals surface area contributed by atoms with Crippen LogP contribution in [0.25, 0.3) is 0 Å². The van der Waals surface area contributed by atoms with Gasteiger partial charge >= 0.3 is 0 Å². The minimum atomic E-state index is 0.190. The molecule has 0 radical (unpaired) electrons. The second-order valence-corrected chi connectivity index (χ2v) is 5.12. The van der Waals surface area contributed by atoms with Crippen LogP contribution in [0.1, 0.15) is 0 Å². The molecule has 0 aliphatic carbocycles. The first-order chi connectivity index (χ1) is 8.70. The van der Waals surface area contributed by atoms with Crippen LogP contribution >= 0.6 is 0 Å². The average Bonchev–Trinajstić information content (AvgIpc) is 2.40. The minimum Gasteiger partial charge on any atom is -0.378 e. The zero-order chi connectivity index (χ0) is 13.0. The lowest BCUT2D eigenvalue weighted by Gasteiger charge is -2.37. The van der Waals surface area contributed by atoms with Gasteiger partial charge in [-0.2, -0.15) is 0 Å². The highest BCUT2D eigenvalue weighted by atomic mass is 16.5. The van der Waals surface area contributed by atoms with Crippen LogP contribution in [-0.4, -0.2) is 92.7 Å². The standard InChI is InChI=1S/C12H24N4O2/c1-14-2-4-15(5-3-14)12(17)9-16-6-7-18-10-11(16)8-13/h11H,2-10,13H2,1H3. The normalized spacial score (nSPS) is 27.4. The number of likely N-dealkylation sites (N-methyl/N-ethyl adjacent to an activating group) is 1. The number of morpholine rings is 1. The van der Waals surface area contributed by atoms with Gasteiger partial charge in [-0.15, -0.1) is 0 Å². The van der Waals surface area contributed by atoms with E-state index < -0.39 is 0 Å². The molecule has 1 amide bonds. The molecule has 6 nitrogen and oxygen atoms in total. The zero-order valence-electron chi connectivity index (χ0n) is 11.2. The minimum absolute atomic E-state index is 0.190. The lowest BCUT2D eigenvalue weighted by Crippen LogP contribution is -2.55. The van der Waals surface area contributed by atoms with Crippen molar-refractivity contribution >= 4 is 5.91 Å². The summed E-state index contributed by atoms with van der Waals surface area (Å²) in [5, 5.41) is 0. The molecule has 2 heterocycles. The van der Waals surface area contributed by atoms with Crippen molar-refractivity contribution in [2.24, 2.45) is 5.73 Å². The van der Waals surface area contributed by atoms with Crippen LogP contribution in [0.15, 0.2) is 0 Å². The van der Waals surface area contributed by atoms with E-state index in [1.54, 1.807) is 0 Å². The van der Waals surface area contributed by atoms with Gasteiger partial charge in [0.25, 0.3) is 0 Å². The molecule has 0 spiro atoms. The Morgan fingerprint density at radius 3 is 2.67 bits per heavy atom. The van der Waals surface area contributed by atoms with Crippen LogP contribution < -0.4 is 5.73 Å². The van der Waals surface area contributed by atoms with E-state index in [1.807, 2.05) is 4.90 Å². The predicted molar refractivity (Wildman–Crippen MR) is 69.3 cm³/mol. The Labute approximate surface area is 109 Å². The van der Waals surface area contributed by atoms with Crippen LogP contribution in [0.2, 0.25) is 0 Å². The van der Waals surface area contributed by atoms with E-state index in [9.17, 15) is 4.79 Å². The van der Waals surface area contributed by atoms with Gasteiger partial charge in [0, 0.05) is 45.3 Å². The summed E-state index contributed by atoms with van der Waals surface area (Å²) in [6, 6.07) is 0.190. The molecule has 2 aliphatic rings. The van der Waals surface area contributed by atoms with Crippen LogP contribution in [0.4, 0.5) is 0 Å². The molecule has 0 saturated carbocycles. The Morgan fingerprint density at radius 1 is 1.28 bits per heavy atom. The summed E-state index contributed by atoms with van der Waals surface area (Å²) in [5.41, 5.74) is 5.71. The van der Waals surface area contributed by atoms with Crippen LogP contribution in [0, 0.1) is 0 Å². The number of nitrogens with zero attached hydrogens (tertiary/aromatic N) is 3. The maximum absolute atomic E-state index is 12.2. The van der Waals surface area contributed by atoms with E-state index >= 15 is 0 Å². The first-order valence-corrected chi connectivity index (χ1v) is 6.69. The molecular formula is C12H24N4O2. The molecular weight excluding hydrogens is 232 g/mol. The number of hydrogen-bond donors (Lipinski definition) is 1. The maximum Gasteiger partial charge on any atom is 0.236 e.